The zero-order valence-electron chi connectivity index (χ0n) is 12.0. The van der Waals surface area contributed by atoms with E-state index in [4.69, 9.17) is 0 Å². The molecule has 6 nitrogen and oxygen atoms in total. The summed E-state index contributed by atoms with van der Waals surface area (Å²) < 4.78 is 14.5. The van der Waals surface area contributed by atoms with Crippen LogP contribution in [0.2, 0.25) is 0 Å². The summed E-state index contributed by atoms with van der Waals surface area (Å²) in [4.78, 5) is 28.7. The zero-order chi connectivity index (χ0) is 16.2. The summed E-state index contributed by atoms with van der Waals surface area (Å²) in [6, 6.07) is 5.25. The molecule has 0 aliphatic heterocycles. The summed E-state index contributed by atoms with van der Waals surface area (Å²) in [7, 11) is 0. The molecular weight excluding hydrogens is 319 g/mol. The highest BCUT2D eigenvalue weighted by atomic mass is 32.1. The molecule has 8 heteroatoms. The lowest BCUT2D eigenvalue weighted by Crippen LogP contribution is -2.34. The summed E-state index contributed by atoms with van der Waals surface area (Å²) in [6.07, 6.45) is 3.48. The third kappa shape index (κ3) is 3.54. The summed E-state index contributed by atoms with van der Waals surface area (Å²) in [5, 5.41) is 7.21. The molecule has 0 unspecified atom stereocenters. The van der Waals surface area contributed by atoms with E-state index in [0.29, 0.717) is 11.3 Å². The average molecular weight is 332 g/mol. The van der Waals surface area contributed by atoms with Gasteiger partial charge in [0.05, 0.1) is 0 Å². The first kappa shape index (κ1) is 15.2. The number of carbonyl (C=O) groups is 2. The molecule has 0 aliphatic carbocycles. The predicted octanol–water partition coefficient (Wildman–Crippen LogP) is 1.69. The molecule has 3 aromatic rings. The Hall–Kier alpha value is -2.74. The number of aromatic nitrogens is 2. The van der Waals surface area contributed by atoms with Gasteiger partial charge in [0.15, 0.2) is 4.96 Å². The Morgan fingerprint density at radius 1 is 1.13 bits per heavy atom. The van der Waals surface area contributed by atoms with Crippen molar-refractivity contribution >= 4 is 28.1 Å². The van der Waals surface area contributed by atoms with Gasteiger partial charge < -0.3 is 10.6 Å². The summed E-state index contributed by atoms with van der Waals surface area (Å²) in [5.41, 5.74) is 0.703. The number of imidazole rings is 1. The monoisotopic (exact) mass is 332 g/mol. The molecule has 0 aliphatic rings. The predicted molar refractivity (Wildman–Crippen MR) is 84.1 cm³/mol. The first-order chi connectivity index (χ1) is 11.1. The molecule has 0 fully saturated rings. The van der Waals surface area contributed by atoms with Crippen molar-refractivity contribution in [2.75, 3.05) is 13.1 Å². The van der Waals surface area contributed by atoms with Crippen LogP contribution in [0.4, 0.5) is 4.39 Å². The number of benzene rings is 1. The van der Waals surface area contributed by atoms with Gasteiger partial charge in [-0.2, -0.15) is 0 Å². The molecular formula is C15H13FN4O2S. The van der Waals surface area contributed by atoms with Gasteiger partial charge in [-0.15, -0.1) is 11.3 Å². The van der Waals surface area contributed by atoms with Crippen molar-refractivity contribution in [2.24, 2.45) is 0 Å². The Labute approximate surface area is 135 Å². The van der Waals surface area contributed by atoms with Gasteiger partial charge in [0.2, 0.25) is 0 Å². The highest BCUT2D eigenvalue weighted by Gasteiger charge is 2.11. The van der Waals surface area contributed by atoms with Crippen LogP contribution in [0.25, 0.3) is 4.96 Å². The molecule has 0 atom stereocenters. The normalized spacial score (nSPS) is 10.7. The fraction of sp³-hybridized carbons (Fsp3) is 0.133. The molecule has 0 bridgehead atoms. The molecule has 0 spiro atoms. The van der Waals surface area contributed by atoms with E-state index in [1.165, 1.54) is 35.6 Å². The summed E-state index contributed by atoms with van der Waals surface area (Å²) in [6.45, 7) is 0.543. The van der Waals surface area contributed by atoms with E-state index >= 15 is 0 Å². The van der Waals surface area contributed by atoms with E-state index in [-0.39, 0.29) is 24.9 Å². The Morgan fingerprint density at radius 2 is 1.83 bits per heavy atom. The van der Waals surface area contributed by atoms with Crippen LogP contribution in [0.5, 0.6) is 0 Å². The molecule has 0 radical (unpaired) electrons. The first-order valence-electron chi connectivity index (χ1n) is 6.87. The van der Waals surface area contributed by atoms with Crippen molar-refractivity contribution in [3.63, 3.8) is 0 Å². The Kier molecular flexibility index (Phi) is 4.33. The Bertz CT molecular complexity index is 812. The minimum atomic E-state index is -0.395. The topological polar surface area (TPSA) is 75.5 Å². The minimum Gasteiger partial charge on any atom is -0.350 e. The standard InChI is InChI=1S/C15H13FN4O2S/c16-11-3-1-10(2-4-11)13(21)17-5-6-18-14(22)12-9-20-7-8-23-15(20)19-12/h1-4,7-9H,5-6H2,(H,17,21)(H,18,22). The number of carbonyl (C=O) groups excluding carboxylic acids is 2. The molecule has 2 N–H and O–H groups in total. The van der Waals surface area contributed by atoms with E-state index in [1.807, 2.05) is 11.6 Å². The lowest BCUT2D eigenvalue weighted by Gasteiger charge is -2.06. The maximum Gasteiger partial charge on any atom is 0.271 e. The highest BCUT2D eigenvalue weighted by Crippen LogP contribution is 2.11. The van der Waals surface area contributed by atoms with Crippen LogP contribution in [0.3, 0.4) is 0 Å². The third-order valence-electron chi connectivity index (χ3n) is 3.13. The molecule has 3 rings (SSSR count). The number of nitrogens with zero attached hydrogens (tertiary/aromatic N) is 2. The van der Waals surface area contributed by atoms with E-state index in [9.17, 15) is 14.0 Å². The maximum atomic E-state index is 12.8. The van der Waals surface area contributed by atoms with Crippen LogP contribution in [0.15, 0.2) is 42.0 Å². The number of fused-ring (bicyclic) bond motifs is 1. The second-order valence-electron chi connectivity index (χ2n) is 4.74. The van der Waals surface area contributed by atoms with Gasteiger partial charge in [-0.3, -0.25) is 14.0 Å². The number of hydrogen-bond donors (Lipinski definition) is 2. The van der Waals surface area contributed by atoms with Crippen LogP contribution < -0.4 is 10.6 Å². The van der Waals surface area contributed by atoms with Gasteiger partial charge in [-0.05, 0) is 24.3 Å². The van der Waals surface area contributed by atoms with Gasteiger partial charge in [-0.1, -0.05) is 0 Å². The van der Waals surface area contributed by atoms with Crippen LogP contribution in [-0.4, -0.2) is 34.3 Å². The van der Waals surface area contributed by atoms with Crippen LogP contribution in [-0.2, 0) is 0 Å². The van der Waals surface area contributed by atoms with E-state index in [0.717, 1.165) is 4.96 Å². The number of rotatable bonds is 5. The number of hydrogen-bond acceptors (Lipinski definition) is 4. The average Bonchev–Trinajstić information content (AvgIpc) is 3.13. The van der Waals surface area contributed by atoms with Gasteiger partial charge in [0, 0.05) is 36.4 Å². The number of amides is 2. The number of thiazole rings is 1. The maximum absolute atomic E-state index is 12.8. The van der Waals surface area contributed by atoms with E-state index in [2.05, 4.69) is 15.6 Å². The second kappa shape index (κ2) is 6.57. The van der Waals surface area contributed by atoms with Crippen LogP contribution >= 0.6 is 11.3 Å². The van der Waals surface area contributed by atoms with Gasteiger partial charge in [0.1, 0.15) is 11.5 Å². The van der Waals surface area contributed by atoms with Crippen molar-refractivity contribution in [1.29, 1.82) is 0 Å². The largest absolute Gasteiger partial charge is 0.350 e. The SMILES string of the molecule is O=C(NCCNC(=O)c1cn2ccsc2n1)c1ccc(F)cc1. The second-order valence-corrected chi connectivity index (χ2v) is 5.61. The molecule has 2 aromatic heterocycles. The Morgan fingerprint density at radius 3 is 2.52 bits per heavy atom. The van der Waals surface area contributed by atoms with Crippen LogP contribution in [0.1, 0.15) is 20.8 Å². The third-order valence-corrected chi connectivity index (χ3v) is 3.90. The van der Waals surface area contributed by atoms with Crippen molar-refractivity contribution in [2.45, 2.75) is 0 Å². The molecule has 0 saturated heterocycles. The van der Waals surface area contributed by atoms with Crippen molar-refractivity contribution in [1.82, 2.24) is 20.0 Å². The molecule has 23 heavy (non-hydrogen) atoms. The minimum absolute atomic E-state index is 0.268. The quantitative estimate of drug-likeness (QED) is 0.698. The van der Waals surface area contributed by atoms with Gasteiger partial charge >= 0.3 is 0 Å². The Balaban J connectivity index is 1.45. The number of nitrogens with one attached hydrogen (secondary N) is 2. The van der Waals surface area contributed by atoms with Crippen molar-refractivity contribution < 1.29 is 14.0 Å². The first-order valence-corrected chi connectivity index (χ1v) is 7.75. The van der Waals surface area contributed by atoms with Crippen LogP contribution in [0, 0.1) is 5.82 Å². The lowest BCUT2D eigenvalue weighted by molar-refractivity contribution is 0.0925. The molecule has 2 amide bonds. The fourth-order valence-electron chi connectivity index (χ4n) is 1.98. The molecule has 1 aromatic carbocycles. The fourth-order valence-corrected chi connectivity index (χ4v) is 2.68. The van der Waals surface area contributed by atoms with E-state index < -0.39 is 5.82 Å². The van der Waals surface area contributed by atoms with E-state index in [1.54, 1.807) is 10.6 Å². The zero-order valence-corrected chi connectivity index (χ0v) is 12.8. The van der Waals surface area contributed by atoms with Crippen molar-refractivity contribution in [3.05, 3.63) is 59.1 Å². The molecule has 2 heterocycles. The number of halogens is 1. The molecule has 0 saturated carbocycles. The van der Waals surface area contributed by atoms with Gasteiger partial charge in [-0.25, -0.2) is 9.37 Å². The summed E-state index contributed by atoms with van der Waals surface area (Å²) in [5.74, 6) is -1.01. The summed E-state index contributed by atoms with van der Waals surface area (Å²) >= 11 is 1.44. The van der Waals surface area contributed by atoms with Crippen molar-refractivity contribution in [3.8, 4) is 0 Å². The lowest BCUT2D eigenvalue weighted by atomic mass is 10.2. The smallest absolute Gasteiger partial charge is 0.271 e. The molecule has 118 valence electrons. The highest BCUT2D eigenvalue weighted by molar-refractivity contribution is 7.15. The van der Waals surface area contributed by atoms with Gasteiger partial charge in [0.25, 0.3) is 11.8 Å².